The zero-order valence-corrected chi connectivity index (χ0v) is 30.6. The first-order chi connectivity index (χ1) is 23.0. The molecule has 5 rings (SSSR count). The highest BCUT2D eigenvalue weighted by molar-refractivity contribution is 8.03. The Morgan fingerprint density at radius 3 is 2.11 bits per heavy atom. The SMILES string of the molecule is CCCCCCCCCCN1C(=CC2=C(O)C(=Cc3sc4ccccc4[n+]3CCCCCCCCCC)C2=O)Sc2ccc(C)cc21. The number of carbonyl (C=O) groups excluding carboxylic acids is 1. The van der Waals surface area contributed by atoms with Crippen LogP contribution in [0.5, 0.6) is 0 Å². The number of fused-ring (bicyclic) bond motifs is 2. The number of aliphatic hydroxyl groups is 1. The van der Waals surface area contributed by atoms with Gasteiger partial charge in [-0.2, -0.15) is 4.57 Å². The number of para-hydroxylation sites is 1. The van der Waals surface area contributed by atoms with Crippen molar-refractivity contribution in [3.63, 3.8) is 0 Å². The van der Waals surface area contributed by atoms with Crippen molar-refractivity contribution >= 4 is 50.9 Å². The van der Waals surface area contributed by atoms with Crippen molar-refractivity contribution < 1.29 is 14.5 Å². The van der Waals surface area contributed by atoms with E-state index in [0.717, 1.165) is 36.0 Å². The molecular weight excluding hydrogens is 617 g/mol. The Bertz CT molecular complexity index is 1600. The summed E-state index contributed by atoms with van der Waals surface area (Å²) < 4.78 is 3.56. The first-order valence-corrected chi connectivity index (χ1v) is 20.0. The second kappa shape index (κ2) is 18.1. The molecule has 3 aromatic rings. The summed E-state index contributed by atoms with van der Waals surface area (Å²) >= 11 is 3.41. The molecule has 2 aliphatic rings. The number of aromatic nitrogens is 1. The van der Waals surface area contributed by atoms with E-state index in [1.807, 2.05) is 12.2 Å². The number of thioether (sulfide) groups is 1. The fourth-order valence-electron chi connectivity index (χ4n) is 6.71. The van der Waals surface area contributed by atoms with Crippen LogP contribution in [0, 0.1) is 6.92 Å². The highest BCUT2D eigenvalue weighted by Gasteiger charge is 2.36. The maximum Gasteiger partial charge on any atom is 0.263 e. The fraction of sp³-hybridized carbons (Fsp3) is 0.512. The lowest BCUT2D eigenvalue weighted by Crippen LogP contribution is -2.35. The molecular formula is C41H55N2O2S2+. The molecule has 1 N–H and O–H groups in total. The van der Waals surface area contributed by atoms with E-state index >= 15 is 0 Å². The van der Waals surface area contributed by atoms with Crippen LogP contribution >= 0.6 is 23.1 Å². The van der Waals surface area contributed by atoms with Crippen molar-refractivity contribution in [3.8, 4) is 0 Å². The Balaban J connectivity index is 1.28. The molecule has 252 valence electrons. The van der Waals surface area contributed by atoms with E-state index in [-0.39, 0.29) is 11.5 Å². The Kier molecular flexibility index (Phi) is 13.6. The van der Waals surface area contributed by atoms with Crippen molar-refractivity contribution in [2.75, 3.05) is 11.4 Å². The number of aryl methyl sites for hydroxylation is 2. The van der Waals surface area contributed by atoms with Gasteiger partial charge < -0.3 is 10.0 Å². The molecule has 4 nitrogen and oxygen atoms in total. The third-order valence-electron chi connectivity index (χ3n) is 9.53. The number of carbonyl (C=O) groups is 1. The zero-order chi connectivity index (χ0) is 33.0. The third kappa shape index (κ3) is 9.20. The van der Waals surface area contributed by atoms with Crippen LogP contribution in [0.3, 0.4) is 0 Å². The second-order valence-corrected chi connectivity index (χ2v) is 15.5. The van der Waals surface area contributed by atoms with Gasteiger partial charge in [-0.3, -0.25) is 4.79 Å². The molecule has 0 saturated carbocycles. The lowest BCUT2D eigenvalue weighted by Gasteiger charge is -2.23. The number of thiazole rings is 1. The van der Waals surface area contributed by atoms with Crippen LogP contribution in [0.2, 0.25) is 0 Å². The molecule has 1 aromatic heterocycles. The molecule has 0 bridgehead atoms. The Morgan fingerprint density at radius 2 is 1.43 bits per heavy atom. The van der Waals surface area contributed by atoms with Crippen LogP contribution in [-0.4, -0.2) is 17.4 Å². The topological polar surface area (TPSA) is 44.4 Å². The van der Waals surface area contributed by atoms with Gasteiger partial charge in [0.1, 0.15) is 10.5 Å². The number of Topliss-reactive ketones (excluding diaryl/α,β-unsaturated/α-hetero) is 1. The number of ketones is 1. The van der Waals surface area contributed by atoms with E-state index in [2.05, 4.69) is 72.7 Å². The zero-order valence-electron chi connectivity index (χ0n) is 29.0. The van der Waals surface area contributed by atoms with Crippen LogP contribution in [-0.2, 0) is 11.3 Å². The van der Waals surface area contributed by atoms with Crippen LogP contribution in [0.4, 0.5) is 5.69 Å². The van der Waals surface area contributed by atoms with E-state index < -0.39 is 0 Å². The molecule has 6 heteroatoms. The minimum atomic E-state index is -0.0640. The number of unbranched alkanes of at least 4 members (excludes halogenated alkanes) is 14. The molecule has 47 heavy (non-hydrogen) atoms. The highest BCUT2D eigenvalue weighted by Crippen LogP contribution is 2.48. The van der Waals surface area contributed by atoms with Gasteiger partial charge in [0.05, 0.1) is 21.9 Å². The van der Waals surface area contributed by atoms with Gasteiger partial charge >= 0.3 is 0 Å². The third-order valence-corrected chi connectivity index (χ3v) is 11.8. The summed E-state index contributed by atoms with van der Waals surface area (Å²) in [5.74, 6) is 0.0594. The van der Waals surface area contributed by atoms with E-state index in [9.17, 15) is 9.90 Å². The lowest BCUT2D eigenvalue weighted by molar-refractivity contribution is -0.669. The average Bonchev–Trinajstić information content (AvgIpc) is 3.61. The molecule has 0 unspecified atom stereocenters. The maximum absolute atomic E-state index is 13.6. The molecule has 0 fully saturated rings. The standard InChI is InChI=1S/C41H54N2O2S2/c1-4-6-8-10-12-14-16-20-26-42-34-22-18-19-23-36(34)46-38(42)29-32-40(44)33(41(32)45)30-39-43(27-21-17-15-13-11-9-7-5-2)35-28-31(3)24-25-37(35)47-39/h18-19,22-25,28-30H,4-17,20-21,26-27H2,1-3H3/p+1. The number of rotatable bonds is 20. The average molecular weight is 672 g/mol. The van der Waals surface area contributed by atoms with Crippen molar-refractivity contribution in [2.45, 2.75) is 135 Å². The minimum Gasteiger partial charge on any atom is -0.506 e. The summed E-state index contributed by atoms with van der Waals surface area (Å²) in [5.41, 5.74) is 4.53. The number of nitrogens with zero attached hydrogens (tertiary/aromatic N) is 2. The predicted molar refractivity (Wildman–Crippen MR) is 202 cm³/mol. The predicted octanol–water partition coefficient (Wildman–Crippen LogP) is 12.0. The van der Waals surface area contributed by atoms with E-state index in [4.69, 9.17) is 0 Å². The quantitative estimate of drug-likeness (QED) is 0.0737. The smallest absolute Gasteiger partial charge is 0.263 e. The molecule has 1 aliphatic heterocycles. The Labute approximate surface area is 291 Å². The van der Waals surface area contributed by atoms with Gasteiger partial charge in [0, 0.05) is 30.0 Å². The summed E-state index contributed by atoms with van der Waals surface area (Å²) in [4.78, 5) is 17.2. The molecule has 0 atom stereocenters. The summed E-state index contributed by atoms with van der Waals surface area (Å²) in [6.45, 7) is 8.52. The van der Waals surface area contributed by atoms with Crippen molar-refractivity contribution in [3.05, 3.63) is 81.0 Å². The highest BCUT2D eigenvalue weighted by atomic mass is 32.2. The number of allylic oxidation sites excluding steroid dienone is 3. The van der Waals surface area contributed by atoms with Crippen LogP contribution in [0.25, 0.3) is 16.3 Å². The lowest BCUT2D eigenvalue weighted by atomic mass is 9.88. The normalized spacial score (nSPS) is 16.2. The first kappa shape index (κ1) is 35.5. The summed E-state index contributed by atoms with van der Waals surface area (Å²) in [5, 5.41) is 13.3. The minimum absolute atomic E-state index is 0.0640. The maximum atomic E-state index is 13.6. The molecule has 2 aromatic carbocycles. The molecule has 0 amide bonds. The van der Waals surface area contributed by atoms with E-state index in [0.29, 0.717) is 11.1 Å². The Hall–Kier alpha value is -2.83. The number of aliphatic hydroxyl groups excluding tert-OH is 1. The molecule has 2 heterocycles. The van der Waals surface area contributed by atoms with Gasteiger partial charge in [0.15, 0.2) is 6.54 Å². The molecule has 0 radical (unpaired) electrons. The molecule has 0 saturated heterocycles. The van der Waals surface area contributed by atoms with Gasteiger partial charge in [-0.1, -0.05) is 139 Å². The summed E-state index contributed by atoms with van der Waals surface area (Å²) in [6.07, 6.45) is 24.4. The number of benzene rings is 2. The van der Waals surface area contributed by atoms with Gasteiger partial charge in [-0.15, -0.1) is 0 Å². The van der Waals surface area contributed by atoms with E-state index in [1.165, 1.54) is 116 Å². The van der Waals surface area contributed by atoms with Gasteiger partial charge in [0.25, 0.3) is 5.01 Å². The number of anilines is 1. The van der Waals surface area contributed by atoms with Gasteiger partial charge in [-0.05, 0) is 49.6 Å². The number of hydrogen-bond donors (Lipinski definition) is 1. The molecule has 1 aliphatic carbocycles. The van der Waals surface area contributed by atoms with Crippen LogP contribution in [0.15, 0.2) is 75.4 Å². The largest absolute Gasteiger partial charge is 0.506 e. The second-order valence-electron chi connectivity index (χ2n) is 13.4. The van der Waals surface area contributed by atoms with Gasteiger partial charge in [0.2, 0.25) is 11.3 Å². The van der Waals surface area contributed by atoms with Crippen LogP contribution in [0.1, 0.15) is 127 Å². The number of hydrogen-bond acceptors (Lipinski definition) is 5. The Morgan fingerprint density at radius 1 is 0.787 bits per heavy atom. The van der Waals surface area contributed by atoms with Crippen molar-refractivity contribution in [1.29, 1.82) is 0 Å². The van der Waals surface area contributed by atoms with Crippen molar-refractivity contribution in [2.24, 2.45) is 0 Å². The molecule has 0 spiro atoms. The van der Waals surface area contributed by atoms with E-state index in [1.54, 1.807) is 23.1 Å². The summed E-state index contributed by atoms with van der Waals surface area (Å²) in [7, 11) is 0. The monoisotopic (exact) mass is 671 g/mol. The van der Waals surface area contributed by atoms with Gasteiger partial charge in [-0.25, -0.2) is 0 Å². The first-order valence-electron chi connectivity index (χ1n) is 18.4. The fourth-order valence-corrected chi connectivity index (χ4v) is 8.95. The summed E-state index contributed by atoms with van der Waals surface area (Å²) in [6, 6.07) is 15.1. The van der Waals surface area contributed by atoms with Crippen LogP contribution < -0.4 is 9.47 Å². The van der Waals surface area contributed by atoms with Crippen molar-refractivity contribution in [1.82, 2.24) is 0 Å².